The predicted octanol–water partition coefficient (Wildman–Crippen LogP) is 5.14. The lowest BCUT2D eigenvalue weighted by Gasteiger charge is -2.23. The Morgan fingerprint density at radius 3 is 2.29 bits per heavy atom. The van der Waals surface area contributed by atoms with Gasteiger partial charge in [-0.2, -0.15) is 0 Å². The number of rotatable bonds is 14. The number of halogens is 2. The number of anilines is 2. The number of likely N-dealkylation sites (tertiary alicyclic amines) is 1. The van der Waals surface area contributed by atoms with Gasteiger partial charge in [-0.25, -0.2) is 0 Å². The van der Waals surface area contributed by atoms with E-state index in [9.17, 15) is 9.59 Å². The normalized spacial score (nSPS) is 13.7. The van der Waals surface area contributed by atoms with Gasteiger partial charge in [-0.3, -0.25) is 9.59 Å². The first-order valence-electron chi connectivity index (χ1n) is 12.2. The Labute approximate surface area is 213 Å². The van der Waals surface area contributed by atoms with Crippen LogP contribution in [0, 0.1) is 0 Å². The fourth-order valence-corrected chi connectivity index (χ4v) is 4.78. The smallest absolute Gasteiger partial charge is 0.228 e. The minimum Gasteiger partial charge on any atom is -0.369 e. The molecular weight excluding hydrogens is 469 g/mol. The van der Waals surface area contributed by atoms with Gasteiger partial charge in [-0.15, -0.1) is 23.2 Å². The van der Waals surface area contributed by atoms with E-state index in [1.807, 2.05) is 48.5 Å². The number of nitrogens with zero attached hydrogens (tertiary/aromatic N) is 2. The zero-order valence-electron chi connectivity index (χ0n) is 19.8. The van der Waals surface area contributed by atoms with Crippen molar-refractivity contribution in [1.82, 2.24) is 4.90 Å². The number of carbonyl (C=O) groups is 2. The number of hydrogen-bond acceptors (Lipinski definition) is 4. The van der Waals surface area contributed by atoms with Gasteiger partial charge in [0.25, 0.3) is 0 Å². The van der Waals surface area contributed by atoms with Crippen LogP contribution in [0.25, 0.3) is 0 Å². The van der Waals surface area contributed by atoms with E-state index in [0.29, 0.717) is 24.6 Å². The summed E-state index contributed by atoms with van der Waals surface area (Å²) in [7, 11) is 0. The van der Waals surface area contributed by atoms with Gasteiger partial charge in [0.2, 0.25) is 5.91 Å². The summed E-state index contributed by atoms with van der Waals surface area (Å²) in [5, 5.41) is 2.96. The van der Waals surface area contributed by atoms with Crippen LogP contribution in [-0.4, -0.2) is 61.1 Å². The number of ketones is 1. The van der Waals surface area contributed by atoms with Crippen molar-refractivity contribution >= 4 is 46.3 Å². The Morgan fingerprint density at radius 2 is 1.62 bits per heavy atom. The van der Waals surface area contributed by atoms with E-state index in [1.54, 1.807) is 0 Å². The molecule has 2 aromatic rings. The monoisotopic (exact) mass is 503 g/mol. The predicted molar refractivity (Wildman–Crippen MR) is 142 cm³/mol. The maximum Gasteiger partial charge on any atom is 0.228 e. The summed E-state index contributed by atoms with van der Waals surface area (Å²) in [6.07, 6.45) is 4.77. The molecule has 1 heterocycles. The molecule has 0 spiro atoms. The first-order valence-corrected chi connectivity index (χ1v) is 13.2. The Balaban J connectivity index is 1.46. The maximum atomic E-state index is 12.6. The molecule has 1 fully saturated rings. The second-order valence-electron chi connectivity index (χ2n) is 8.82. The van der Waals surface area contributed by atoms with Crippen molar-refractivity contribution in [3.05, 3.63) is 59.7 Å². The van der Waals surface area contributed by atoms with Gasteiger partial charge in [0.15, 0.2) is 0 Å². The zero-order valence-corrected chi connectivity index (χ0v) is 21.3. The van der Waals surface area contributed by atoms with Crippen molar-refractivity contribution < 1.29 is 9.59 Å². The van der Waals surface area contributed by atoms with Gasteiger partial charge in [-0.1, -0.05) is 24.3 Å². The fourth-order valence-electron chi connectivity index (χ4n) is 4.37. The number of hydrogen-bond donors (Lipinski definition) is 1. The third-order valence-electron chi connectivity index (χ3n) is 6.12. The average Bonchev–Trinajstić information content (AvgIpc) is 3.33. The summed E-state index contributed by atoms with van der Waals surface area (Å²) in [5.41, 5.74) is 3.64. The molecule has 0 unspecified atom stereocenters. The molecule has 5 nitrogen and oxygen atoms in total. The summed E-state index contributed by atoms with van der Waals surface area (Å²) in [5.74, 6) is 1.23. The molecular formula is C27H35Cl2N3O2. The second kappa shape index (κ2) is 14.3. The van der Waals surface area contributed by atoms with Gasteiger partial charge < -0.3 is 15.1 Å². The zero-order chi connectivity index (χ0) is 24.2. The van der Waals surface area contributed by atoms with E-state index in [4.69, 9.17) is 23.2 Å². The molecule has 0 bridgehead atoms. The first-order chi connectivity index (χ1) is 16.6. The number of alkyl halides is 2. The third-order valence-corrected chi connectivity index (χ3v) is 6.45. The van der Waals surface area contributed by atoms with Crippen molar-refractivity contribution in [2.45, 2.75) is 38.5 Å². The van der Waals surface area contributed by atoms with E-state index in [2.05, 4.69) is 15.1 Å². The molecule has 1 aliphatic rings. The summed E-state index contributed by atoms with van der Waals surface area (Å²) in [6.45, 7) is 4.80. The lowest BCUT2D eigenvalue weighted by atomic mass is 10.0. The molecule has 3 rings (SSSR count). The van der Waals surface area contributed by atoms with E-state index >= 15 is 0 Å². The van der Waals surface area contributed by atoms with Crippen LogP contribution in [0.2, 0.25) is 0 Å². The molecule has 184 valence electrons. The van der Waals surface area contributed by atoms with Gasteiger partial charge in [0.05, 0.1) is 6.42 Å². The SMILES string of the molecule is O=C(CCCN1CCCC1)Cc1cccc(NC(=O)Cc2ccc(N(CCCl)CCCl)cc2)c1. The Bertz CT molecular complexity index is 908. The number of carbonyl (C=O) groups excluding carboxylic acids is 2. The number of amides is 1. The highest BCUT2D eigenvalue weighted by Gasteiger charge is 2.12. The fraction of sp³-hybridized carbons (Fsp3) is 0.481. The molecule has 1 aliphatic heterocycles. The second-order valence-corrected chi connectivity index (χ2v) is 9.58. The van der Waals surface area contributed by atoms with Crippen molar-refractivity contribution in [2.24, 2.45) is 0 Å². The Morgan fingerprint density at radius 1 is 0.912 bits per heavy atom. The van der Waals surface area contributed by atoms with Crippen LogP contribution >= 0.6 is 23.2 Å². The van der Waals surface area contributed by atoms with E-state index in [-0.39, 0.29) is 18.1 Å². The van der Waals surface area contributed by atoms with Crippen LogP contribution in [0.3, 0.4) is 0 Å². The molecule has 7 heteroatoms. The van der Waals surface area contributed by atoms with Gasteiger partial charge in [0, 0.05) is 49.1 Å². The summed E-state index contributed by atoms with van der Waals surface area (Å²) in [4.78, 5) is 29.5. The average molecular weight is 505 g/mol. The molecule has 2 aromatic carbocycles. The quantitative estimate of drug-likeness (QED) is 0.362. The van der Waals surface area contributed by atoms with Gasteiger partial charge in [0.1, 0.15) is 5.78 Å². The highest BCUT2D eigenvalue weighted by Crippen LogP contribution is 2.17. The van der Waals surface area contributed by atoms with Gasteiger partial charge in [-0.05, 0) is 74.3 Å². The highest BCUT2D eigenvalue weighted by atomic mass is 35.5. The van der Waals surface area contributed by atoms with Crippen molar-refractivity contribution in [1.29, 1.82) is 0 Å². The van der Waals surface area contributed by atoms with Crippen LogP contribution in [0.15, 0.2) is 48.5 Å². The largest absolute Gasteiger partial charge is 0.369 e. The first kappa shape index (κ1) is 26.5. The molecule has 1 amide bonds. The molecule has 1 saturated heterocycles. The van der Waals surface area contributed by atoms with Crippen molar-refractivity contribution in [3.8, 4) is 0 Å². The summed E-state index contributed by atoms with van der Waals surface area (Å²) in [6, 6.07) is 15.5. The Hall–Kier alpha value is -2.08. The van der Waals surface area contributed by atoms with Crippen LogP contribution in [0.4, 0.5) is 11.4 Å². The minimum atomic E-state index is -0.0831. The summed E-state index contributed by atoms with van der Waals surface area (Å²) < 4.78 is 0. The standard InChI is InChI=1S/C27H35Cl2N3O2/c28-12-17-32(18-13-29)25-10-8-22(9-11-25)21-27(34)30-24-6-3-5-23(19-24)20-26(33)7-4-16-31-14-1-2-15-31/h3,5-6,8-11,19H,1-2,4,7,12-18,20-21H2,(H,30,34). The van der Waals surface area contributed by atoms with Crippen molar-refractivity contribution in [3.63, 3.8) is 0 Å². The van der Waals surface area contributed by atoms with Crippen LogP contribution < -0.4 is 10.2 Å². The van der Waals surface area contributed by atoms with Gasteiger partial charge >= 0.3 is 0 Å². The summed E-state index contributed by atoms with van der Waals surface area (Å²) >= 11 is 11.8. The molecule has 1 N–H and O–H groups in total. The lowest BCUT2D eigenvalue weighted by molar-refractivity contribution is -0.118. The lowest BCUT2D eigenvalue weighted by Crippen LogP contribution is -2.27. The van der Waals surface area contributed by atoms with E-state index < -0.39 is 0 Å². The molecule has 0 radical (unpaired) electrons. The minimum absolute atomic E-state index is 0.0831. The van der Waals surface area contributed by atoms with E-state index in [1.165, 1.54) is 25.9 Å². The molecule has 0 aliphatic carbocycles. The molecule has 34 heavy (non-hydrogen) atoms. The number of Topliss-reactive ketones (excluding diaryl/α,β-unsaturated/α-hetero) is 1. The maximum absolute atomic E-state index is 12.6. The van der Waals surface area contributed by atoms with Crippen LogP contribution in [-0.2, 0) is 22.4 Å². The van der Waals surface area contributed by atoms with Crippen molar-refractivity contribution in [2.75, 3.05) is 54.7 Å². The Kier molecular flexibility index (Phi) is 11.2. The molecule has 0 aromatic heterocycles. The highest BCUT2D eigenvalue weighted by molar-refractivity contribution is 6.18. The van der Waals surface area contributed by atoms with Crippen LogP contribution in [0.1, 0.15) is 36.8 Å². The number of benzene rings is 2. The van der Waals surface area contributed by atoms with E-state index in [0.717, 1.165) is 48.6 Å². The number of nitrogens with one attached hydrogen (secondary N) is 1. The molecule has 0 atom stereocenters. The third kappa shape index (κ3) is 8.94. The van der Waals surface area contributed by atoms with Crippen LogP contribution in [0.5, 0.6) is 0 Å². The molecule has 0 saturated carbocycles. The topological polar surface area (TPSA) is 52.7 Å².